The van der Waals surface area contributed by atoms with Gasteiger partial charge in [-0.15, -0.1) is 0 Å². The molecule has 0 saturated heterocycles. The molecule has 3 nitrogen and oxygen atoms in total. The van der Waals surface area contributed by atoms with Crippen LogP contribution in [-0.4, -0.2) is 4.57 Å². The van der Waals surface area contributed by atoms with Crippen molar-refractivity contribution >= 4 is 0 Å². The van der Waals surface area contributed by atoms with Gasteiger partial charge in [0.1, 0.15) is 0 Å². The molecule has 0 spiro atoms. The largest absolute Gasteiger partial charge is 0.335 e. The molecule has 1 rings (SSSR count). The quantitative estimate of drug-likeness (QED) is 0.377. The van der Waals surface area contributed by atoms with Crippen molar-refractivity contribution in [3.63, 3.8) is 0 Å². The van der Waals surface area contributed by atoms with E-state index in [1.165, 1.54) is 0 Å². The van der Waals surface area contributed by atoms with Crippen LogP contribution in [0.15, 0.2) is 29.5 Å². The molecule has 0 atom stereocenters. The van der Waals surface area contributed by atoms with Crippen LogP contribution in [0.5, 0.6) is 0 Å². The van der Waals surface area contributed by atoms with Crippen LogP contribution in [0.25, 0.3) is 0 Å². The van der Waals surface area contributed by atoms with Gasteiger partial charge in [0.15, 0.2) is 5.49 Å². The van der Waals surface area contributed by atoms with Gasteiger partial charge >= 0.3 is 0 Å². The molecule has 0 aliphatic heterocycles. The van der Waals surface area contributed by atoms with Crippen LogP contribution in [0.2, 0.25) is 0 Å². The first kappa shape index (κ1) is 5.88. The molecule has 0 bridgehead atoms. The van der Waals surface area contributed by atoms with E-state index < -0.39 is 0 Å². The van der Waals surface area contributed by atoms with Crippen LogP contribution in [0.1, 0.15) is 0 Å². The molecule has 0 fully saturated rings. The summed E-state index contributed by atoms with van der Waals surface area (Å²) in [6.07, 6.45) is 1.89. The summed E-state index contributed by atoms with van der Waals surface area (Å²) in [5.74, 6) is 5.05. The lowest BCUT2D eigenvalue weighted by Crippen LogP contribution is -2.17. The smallest absolute Gasteiger partial charge is 0.151 e. The van der Waals surface area contributed by atoms with E-state index >= 15 is 0 Å². The highest BCUT2D eigenvalue weighted by Gasteiger charge is 1.78. The van der Waals surface area contributed by atoms with Crippen molar-refractivity contribution in [2.75, 3.05) is 0 Å². The molecule has 0 aliphatic carbocycles. The van der Waals surface area contributed by atoms with Crippen LogP contribution in [0, 0.1) is 0 Å². The second-order valence-corrected chi connectivity index (χ2v) is 1.80. The number of aromatic nitrogens is 1. The molecule has 3 heteroatoms. The molecule has 0 amide bonds. The third-order valence-corrected chi connectivity index (χ3v) is 1.16. The summed E-state index contributed by atoms with van der Waals surface area (Å²) in [4.78, 5) is 0. The maximum Gasteiger partial charge on any atom is 0.151 e. The maximum absolute atomic E-state index is 5.05. The average Bonchev–Trinajstić information content (AvgIpc) is 1.89. The van der Waals surface area contributed by atoms with Gasteiger partial charge in [0, 0.05) is 13.2 Å². The number of rotatable bonds is 0. The van der Waals surface area contributed by atoms with Crippen LogP contribution in [0.3, 0.4) is 0 Å². The summed E-state index contributed by atoms with van der Waals surface area (Å²) in [6, 6.07) is 5.67. The third kappa shape index (κ3) is 1.10. The first-order valence-corrected chi connectivity index (χ1v) is 2.70. The molecule has 1 heterocycles. The van der Waals surface area contributed by atoms with Gasteiger partial charge in [-0.2, -0.15) is 5.10 Å². The van der Waals surface area contributed by atoms with Gasteiger partial charge < -0.3 is 10.4 Å². The standard InChI is InChI=1S/C6H9N3/c1-9-5-3-2-4-6(9)8-7/h2-5H,7H2,1H3. The fraction of sp³-hybridized carbons (Fsp3) is 0.167. The minimum absolute atomic E-state index is 0.775. The van der Waals surface area contributed by atoms with Gasteiger partial charge in [-0.25, -0.2) is 0 Å². The summed E-state index contributed by atoms with van der Waals surface area (Å²) >= 11 is 0. The molecular formula is C6H9N3. The SMILES string of the molecule is Cn1ccccc1=NN. The lowest BCUT2D eigenvalue weighted by atomic mass is 10.5. The fourth-order valence-electron chi connectivity index (χ4n) is 0.648. The predicted octanol–water partition coefficient (Wildman–Crippen LogP) is -0.201. The number of aryl methyl sites for hydroxylation is 1. The monoisotopic (exact) mass is 123 g/mol. The highest BCUT2D eigenvalue weighted by Crippen LogP contribution is 1.74. The summed E-state index contributed by atoms with van der Waals surface area (Å²) in [7, 11) is 1.89. The number of nitrogens with zero attached hydrogens (tertiary/aromatic N) is 2. The number of hydrogen-bond acceptors (Lipinski definition) is 2. The zero-order valence-electron chi connectivity index (χ0n) is 5.28. The van der Waals surface area contributed by atoms with Crippen LogP contribution >= 0.6 is 0 Å². The minimum atomic E-state index is 0.775. The van der Waals surface area contributed by atoms with Crippen molar-refractivity contribution in [2.45, 2.75) is 0 Å². The van der Waals surface area contributed by atoms with Crippen molar-refractivity contribution in [3.05, 3.63) is 29.9 Å². The fourth-order valence-corrected chi connectivity index (χ4v) is 0.648. The first-order valence-electron chi connectivity index (χ1n) is 2.70. The van der Waals surface area contributed by atoms with Gasteiger partial charge in [0.05, 0.1) is 0 Å². The molecule has 48 valence electrons. The van der Waals surface area contributed by atoms with Crippen molar-refractivity contribution in [2.24, 2.45) is 18.0 Å². The zero-order chi connectivity index (χ0) is 6.69. The van der Waals surface area contributed by atoms with Crippen molar-refractivity contribution in [1.29, 1.82) is 0 Å². The summed E-state index contributed by atoms with van der Waals surface area (Å²) in [5, 5.41) is 3.53. The minimum Gasteiger partial charge on any atom is -0.335 e. The Hall–Kier alpha value is -1.25. The van der Waals surface area contributed by atoms with Crippen molar-refractivity contribution < 1.29 is 0 Å². The summed E-state index contributed by atoms with van der Waals surface area (Å²) in [5.41, 5.74) is 0.775. The molecule has 2 N–H and O–H groups in total. The van der Waals surface area contributed by atoms with E-state index in [9.17, 15) is 0 Å². The van der Waals surface area contributed by atoms with E-state index in [1.54, 1.807) is 0 Å². The highest BCUT2D eigenvalue weighted by atomic mass is 15.2. The first-order chi connectivity index (χ1) is 4.34. The molecule has 0 unspecified atom stereocenters. The Morgan fingerprint density at radius 1 is 1.56 bits per heavy atom. The Labute approximate surface area is 53.4 Å². The summed E-state index contributed by atoms with van der Waals surface area (Å²) in [6.45, 7) is 0. The molecule has 0 aliphatic rings. The maximum atomic E-state index is 5.05. The third-order valence-electron chi connectivity index (χ3n) is 1.16. The molecule has 1 aromatic heterocycles. The van der Waals surface area contributed by atoms with E-state index in [1.807, 2.05) is 36.0 Å². The number of hydrogen-bond donors (Lipinski definition) is 1. The van der Waals surface area contributed by atoms with Crippen molar-refractivity contribution in [1.82, 2.24) is 4.57 Å². The Morgan fingerprint density at radius 2 is 2.33 bits per heavy atom. The van der Waals surface area contributed by atoms with Gasteiger partial charge in [-0.3, -0.25) is 0 Å². The van der Waals surface area contributed by atoms with Crippen LogP contribution in [0.4, 0.5) is 0 Å². The van der Waals surface area contributed by atoms with E-state index in [0.717, 1.165) is 5.49 Å². The Bertz CT molecular complexity index is 248. The Kier molecular flexibility index (Phi) is 1.53. The van der Waals surface area contributed by atoms with Gasteiger partial charge in [-0.1, -0.05) is 6.07 Å². The molecule has 0 saturated carbocycles. The Morgan fingerprint density at radius 3 is 2.78 bits per heavy atom. The van der Waals surface area contributed by atoms with E-state index in [2.05, 4.69) is 5.10 Å². The van der Waals surface area contributed by atoms with Gasteiger partial charge in [0.2, 0.25) is 0 Å². The lowest BCUT2D eigenvalue weighted by Gasteiger charge is -1.93. The molecule has 9 heavy (non-hydrogen) atoms. The van der Waals surface area contributed by atoms with Crippen molar-refractivity contribution in [3.8, 4) is 0 Å². The Balaban J connectivity index is 3.33. The summed E-state index contributed by atoms with van der Waals surface area (Å²) < 4.78 is 1.85. The lowest BCUT2D eigenvalue weighted by molar-refractivity contribution is 0.815. The van der Waals surface area contributed by atoms with Crippen LogP contribution in [-0.2, 0) is 7.05 Å². The zero-order valence-corrected chi connectivity index (χ0v) is 5.28. The second kappa shape index (κ2) is 2.35. The van der Waals surface area contributed by atoms with Gasteiger partial charge in [-0.05, 0) is 12.1 Å². The average molecular weight is 123 g/mol. The van der Waals surface area contributed by atoms with Gasteiger partial charge in [0.25, 0.3) is 0 Å². The molecular weight excluding hydrogens is 114 g/mol. The normalized spacial score (nSPS) is 11.9. The predicted molar refractivity (Wildman–Crippen MR) is 35.2 cm³/mol. The molecule has 1 aromatic rings. The van der Waals surface area contributed by atoms with E-state index in [-0.39, 0.29) is 0 Å². The van der Waals surface area contributed by atoms with Crippen LogP contribution < -0.4 is 11.3 Å². The number of pyridine rings is 1. The molecule has 0 radical (unpaired) electrons. The highest BCUT2D eigenvalue weighted by molar-refractivity contribution is 4.91. The second-order valence-electron chi connectivity index (χ2n) is 1.80. The number of nitrogens with two attached hydrogens (primary N) is 1. The van der Waals surface area contributed by atoms with E-state index in [4.69, 9.17) is 5.84 Å². The molecule has 0 aromatic carbocycles. The topological polar surface area (TPSA) is 43.3 Å². The van der Waals surface area contributed by atoms with E-state index in [0.29, 0.717) is 0 Å².